The van der Waals surface area contributed by atoms with E-state index in [1.165, 1.54) is 12.8 Å². The summed E-state index contributed by atoms with van der Waals surface area (Å²) in [5.74, 6) is -0.268. The average molecular weight is 298 g/mol. The number of carboxylic acids is 1. The van der Waals surface area contributed by atoms with Crippen molar-refractivity contribution in [1.29, 1.82) is 0 Å². The van der Waals surface area contributed by atoms with Crippen LogP contribution in [0.2, 0.25) is 0 Å². The van der Waals surface area contributed by atoms with Crippen LogP contribution in [0.15, 0.2) is 0 Å². The molecule has 1 rings (SSSR count). The van der Waals surface area contributed by atoms with E-state index in [0.717, 1.165) is 32.2 Å². The lowest BCUT2D eigenvalue weighted by Gasteiger charge is -2.30. The van der Waals surface area contributed by atoms with Crippen LogP contribution in [0.4, 0.5) is 4.79 Å². The van der Waals surface area contributed by atoms with Gasteiger partial charge in [-0.25, -0.2) is 4.79 Å². The van der Waals surface area contributed by atoms with Crippen molar-refractivity contribution in [3.63, 3.8) is 0 Å². The number of unbranched alkanes of at least 4 members (excludes halogenated alkanes) is 2. The quantitative estimate of drug-likeness (QED) is 0.642. The normalized spacial score (nSPS) is 15.4. The van der Waals surface area contributed by atoms with Crippen LogP contribution >= 0.6 is 0 Å². The molecule has 0 aromatic heterocycles. The third-order valence-corrected chi connectivity index (χ3v) is 3.93. The molecule has 1 saturated carbocycles. The number of hydrogen-bond acceptors (Lipinski definition) is 2. The predicted molar refractivity (Wildman–Crippen MR) is 83.3 cm³/mol. The zero-order chi connectivity index (χ0) is 15.7. The molecule has 5 heteroatoms. The van der Waals surface area contributed by atoms with Crippen molar-refractivity contribution in [2.75, 3.05) is 13.1 Å². The lowest BCUT2D eigenvalue weighted by Crippen LogP contribution is -2.47. The van der Waals surface area contributed by atoms with Crippen LogP contribution in [0.1, 0.15) is 65.2 Å². The minimum absolute atomic E-state index is 0.0498. The van der Waals surface area contributed by atoms with Crippen molar-refractivity contribution in [1.82, 2.24) is 10.2 Å². The summed E-state index contributed by atoms with van der Waals surface area (Å²) in [7, 11) is 0. The number of rotatable bonds is 9. The smallest absolute Gasteiger partial charge is 0.317 e. The molecule has 1 aliphatic rings. The number of aliphatic carboxylic acids is 1. The molecule has 2 amide bonds. The average Bonchev–Trinajstić information content (AvgIpc) is 2.93. The molecule has 0 aromatic rings. The summed E-state index contributed by atoms with van der Waals surface area (Å²) in [5, 5.41) is 11.6. The van der Waals surface area contributed by atoms with Gasteiger partial charge in [-0.15, -0.1) is 0 Å². The predicted octanol–water partition coefficient (Wildman–Crippen LogP) is 3.24. The Morgan fingerprint density at radius 3 is 2.43 bits per heavy atom. The van der Waals surface area contributed by atoms with Gasteiger partial charge in [-0.05, 0) is 31.6 Å². The van der Waals surface area contributed by atoms with Gasteiger partial charge in [0.25, 0.3) is 0 Å². The Balaban J connectivity index is 2.26. The molecule has 0 spiro atoms. The maximum absolute atomic E-state index is 12.3. The summed E-state index contributed by atoms with van der Waals surface area (Å²) in [6.45, 7) is 5.73. The van der Waals surface area contributed by atoms with Gasteiger partial charge in [-0.3, -0.25) is 4.79 Å². The monoisotopic (exact) mass is 298 g/mol. The number of carbonyl (C=O) groups excluding carboxylic acids is 1. The highest BCUT2D eigenvalue weighted by Gasteiger charge is 2.26. The number of urea groups is 1. The molecule has 0 radical (unpaired) electrons. The summed E-state index contributed by atoms with van der Waals surface area (Å²) in [6.07, 6.45) is 7.29. The zero-order valence-corrected chi connectivity index (χ0v) is 13.4. The maximum atomic E-state index is 12.3. The summed E-state index contributed by atoms with van der Waals surface area (Å²) in [6, 6.07) is 0.452. The molecule has 0 heterocycles. The fraction of sp³-hybridized carbons (Fsp3) is 0.875. The van der Waals surface area contributed by atoms with Crippen LogP contribution in [0, 0.1) is 5.92 Å². The molecule has 5 nitrogen and oxygen atoms in total. The van der Waals surface area contributed by atoms with Crippen LogP contribution in [0.3, 0.4) is 0 Å². The third-order valence-electron chi connectivity index (χ3n) is 3.93. The standard InChI is InChI=1S/C16H30N2O3/c1-13(2)12-18(14-8-5-6-9-14)16(21)17-11-7-3-4-10-15(19)20/h13-14H,3-12H2,1-2H3,(H,17,21)(H,19,20). The Morgan fingerprint density at radius 2 is 1.86 bits per heavy atom. The SMILES string of the molecule is CC(C)CN(C(=O)NCCCCCC(=O)O)C1CCCC1. The first kappa shape index (κ1) is 17.8. The van der Waals surface area contributed by atoms with E-state index in [1.807, 2.05) is 4.90 Å². The largest absolute Gasteiger partial charge is 0.481 e. The number of nitrogens with zero attached hydrogens (tertiary/aromatic N) is 1. The van der Waals surface area contributed by atoms with E-state index in [-0.39, 0.29) is 12.5 Å². The van der Waals surface area contributed by atoms with Gasteiger partial charge < -0.3 is 15.3 Å². The van der Waals surface area contributed by atoms with Crippen molar-refractivity contribution < 1.29 is 14.7 Å². The number of hydrogen-bond donors (Lipinski definition) is 2. The lowest BCUT2D eigenvalue weighted by atomic mass is 10.1. The van der Waals surface area contributed by atoms with Gasteiger partial charge in [0.15, 0.2) is 0 Å². The molecule has 0 aromatic carbocycles. The first-order chi connectivity index (χ1) is 10.0. The summed E-state index contributed by atoms with van der Waals surface area (Å²) in [4.78, 5) is 24.7. The Bertz CT molecular complexity index is 325. The van der Waals surface area contributed by atoms with Crippen LogP contribution in [0.25, 0.3) is 0 Å². The molecule has 0 bridgehead atoms. The number of carbonyl (C=O) groups is 2. The van der Waals surface area contributed by atoms with Crippen LogP contribution < -0.4 is 5.32 Å². The second-order valence-corrected chi connectivity index (χ2v) is 6.42. The van der Waals surface area contributed by atoms with Gasteiger partial charge >= 0.3 is 12.0 Å². The van der Waals surface area contributed by atoms with E-state index in [9.17, 15) is 9.59 Å². The first-order valence-corrected chi connectivity index (χ1v) is 8.27. The molecule has 1 aliphatic carbocycles. The third kappa shape index (κ3) is 7.34. The minimum Gasteiger partial charge on any atom is -0.481 e. The van der Waals surface area contributed by atoms with Crippen molar-refractivity contribution >= 4 is 12.0 Å². The second kappa shape index (κ2) is 9.64. The molecule has 0 atom stereocenters. The van der Waals surface area contributed by atoms with Gasteiger partial charge in [0, 0.05) is 25.6 Å². The molecule has 0 unspecified atom stereocenters. The van der Waals surface area contributed by atoms with E-state index in [2.05, 4.69) is 19.2 Å². The van der Waals surface area contributed by atoms with Crippen LogP contribution in [0.5, 0.6) is 0 Å². The molecule has 0 saturated heterocycles. The van der Waals surface area contributed by atoms with Crippen LogP contribution in [-0.2, 0) is 4.79 Å². The number of carboxylic acid groups (broad SMARTS) is 1. The van der Waals surface area contributed by atoms with E-state index in [0.29, 0.717) is 24.9 Å². The van der Waals surface area contributed by atoms with Crippen molar-refractivity contribution in [3.05, 3.63) is 0 Å². The van der Waals surface area contributed by atoms with E-state index in [1.54, 1.807) is 0 Å². The number of nitrogens with one attached hydrogen (secondary N) is 1. The van der Waals surface area contributed by atoms with Gasteiger partial charge in [-0.1, -0.05) is 33.1 Å². The van der Waals surface area contributed by atoms with Gasteiger partial charge in [0.2, 0.25) is 0 Å². The summed E-state index contributed by atoms with van der Waals surface area (Å²) < 4.78 is 0. The Hall–Kier alpha value is -1.26. The zero-order valence-electron chi connectivity index (χ0n) is 13.4. The van der Waals surface area contributed by atoms with Crippen LogP contribution in [-0.4, -0.2) is 41.1 Å². The Labute approximate surface area is 128 Å². The van der Waals surface area contributed by atoms with E-state index in [4.69, 9.17) is 5.11 Å². The molecule has 0 aliphatic heterocycles. The lowest BCUT2D eigenvalue weighted by molar-refractivity contribution is -0.137. The Morgan fingerprint density at radius 1 is 1.19 bits per heavy atom. The highest BCUT2D eigenvalue weighted by molar-refractivity contribution is 5.74. The minimum atomic E-state index is -0.747. The Kier molecular flexibility index (Phi) is 8.16. The van der Waals surface area contributed by atoms with Crippen molar-refractivity contribution in [2.24, 2.45) is 5.92 Å². The van der Waals surface area contributed by atoms with Gasteiger partial charge in [-0.2, -0.15) is 0 Å². The molecular weight excluding hydrogens is 268 g/mol. The topological polar surface area (TPSA) is 69.6 Å². The van der Waals surface area contributed by atoms with Crippen molar-refractivity contribution in [2.45, 2.75) is 71.3 Å². The van der Waals surface area contributed by atoms with E-state index < -0.39 is 5.97 Å². The van der Waals surface area contributed by atoms with Gasteiger partial charge in [0.1, 0.15) is 0 Å². The molecule has 2 N–H and O–H groups in total. The molecule has 1 fully saturated rings. The van der Waals surface area contributed by atoms with Crippen molar-refractivity contribution in [3.8, 4) is 0 Å². The van der Waals surface area contributed by atoms with E-state index >= 15 is 0 Å². The molecule has 21 heavy (non-hydrogen) atoms. The summed E-state index contributed by atoms with van der Waals surface area (Å²) >= 11 is 0. The maximum Gasteiger partial charge on any atom is 0.317 e. The number of amides is 2. The fourth-order valence-corrected chi connectivity index (χ4v) is 2.88. The van der Waals surface area contributed by atoms with Gasteiger partial charge in [0.05, 0.1) is 0 Å². The summed E-state index contributed by atoms with van der Waals surface area (Å²) in [5.41, 5.74) is 0. The molecular formula is C16H30N2O3. The first-order valence-electron chi connectivity index (χ1n) is 8.27. The molecule has 122 valence electrons. The fourth-order valence-electron chi connectivity index (χ4n) is 2.88. The highest BCUT2D eigenvalue weighted by Crippen LogP contribution is 2.24. The highest BCUT2D eigenvalue weighted by atomic mass is 16.4. The second-order valence-electron chi connectivity index (χ2n) is 6.42.